The third-order valence-electron chi connectivity index (χ3n) is 1.98. The minimum atomic E-state index is -0.154. The standard InChI is InChI=1S/C9H12BrNO2/c1-3-13-9(2)6-11(7-9)8(12)4-5-10/h3,6-7H2,1-2H3. The molecule has 0 aromatic heterocycles. The summed E-state index contributed by atoms with van der Waals surface area (Å²) >= 11 is 2.89. The molecule has 1 aliphatic rings. The van der Waals surface area contributed by atoms with Crippen molar-refractivity contribution in [2.75, 3.05) is 19.7 Å². The lowest BCUT2D eigenvalue weighted by atomic mass is 9.96. The van der Waals surface area contributed by atoms with Gasteiger partial charge < -0.3 is 9.64 Å². The molecule has 0 aromatic rings. The summed E-state index contributed by atoms with van der Waals surface area (Å²) in [4.78, 5) is 15.3. The van der Waals surface area contributed by atoms with Crippen LogP contribution >= 0.6 is 15.9 Å². The maximum atomic E-state index is 11.2. The van der Waals surface area contributed by atoms with Crippen LogP contribution in [0.5, 0.6) is 0 Å². The zero-order valence-electron chi connectivity index (χ0n) is 7.76. The fourth-order valence-corrected chi connectivity index (χ4v) is 1.63. The Morgan fingerprint density at radius 3 is 2.77 bits per heavy atom. The Morgan fingerprint density at radius 2 is 2.31 bits per heavy atom. The number of halogens is 1. The van der Waals surface area contributed by atoms with Gasteiger partial charge in [0.1, 0.15) is 5.60 Å². The monoisotopic (exact) mass is 245 g/mol. The van der Waals surface area contributed by atoms with Gasteiger partial charge in [0, 0.05) is 28.5 Å². The molecule has 13 heavy (non-hydrogen) atoms. The molecule has 0 saturated carbocycles. The van der Waals surface area contributed by atoms with E-state index in [1.807, 2.05) is 13.8 Å². The van der Waals surface area contributed by atoms with E-state index < -0.39 is 0 Å². The highest BCUT2D eigenvalue weighted by Gasteiger charge is 2.41. The first-order valence-electron chi connectivity index (χ1n) is 4.16. The van der Waals surface area contributed by atoms with Gasteiger partial charge in [-0.3, -0.25) is 4.79 Å². The first kappa shape index (κ1) is 10.6. The molecule has 0 bridgehead atoms. The van der Waals surface area contributed by atoms with Gasteiger partial charge in [0.05, 0.1) is 13.1 Å². The van der Waals surface area contributed by atoms with Crippen molar-refractivity contribution in [3.8, 4) is 10.8 Å². The summed E-state index contributed by atoms with van der Waals surface area (Å²) in [5.74, 6) is 2.28. The molecule has 0 radical (unpaired) electrons. The minimum Gasteiger partial charge on any atom is -0.372 e. The Bertz CT molecular complexity index is 261. The van der Waals surface area contributed by atoms with Crippen LogP contribution in [-0.4, -0.2) is 36.1 Å². The Morgan fingerprint density at radius 1 is 1.69 bits per heavy atom. The van der Waals surface area contributed by atoms with E-state index in [4.69, 9.17) is 4.74 Å². The topological polar surface area (TPSA) is 29.5 Å². The zero-order valence-corrected chi connectivity index (χ0v) is 9.35. The molecule has 0 aromatic carbocycles. The van der Waals surface area contributed by atoms with Crippen LogP contribution in [-0.2, 0) is 9.53 Å². The number of hydrogen-bond acceptors (Lipinski definition) is 2. The zero-order chi connectivity index (χ0) is 9.90. The molecular weight excluding hydrogens is 234 g/mol. The van der Waals surface area contributed by atoms with Crippen LogP contribution < -0.4 is 0 Å². The van der Waals surface area contributed by atoms with Crippen LogP contribution in [0, 0.1) is 10.8 Å². The van der Waals surface area contributed by atoms with E-state index in [-0.39, 0.29) is 11.5 Å². The smallest absolute Gasteiger partial charge is 0.299 e. The van der Waals surface area contributed by atoms with E-state index in [0.717, 1.165) is 0 Å². The first-order valence-corrected chi connectivity index (χ1v) is 4.95. The number of hydrogen-bond donors (Lipinski definition) is 0. The van der Waals surface area contributed by atoms with Gasteiger partial charge in [-0.2, -0.15) is 0 Å². The molecule has 0 unspecified atom stereocenters. The van der Waals surface area contributed by atoms with Gasteiger partial charge in [-0.25, -0.2) is 0 Å². The van der Waals surface area contributed by atoms with Crippen LogP contribution in [0.1, 0.15) is 13.8 Å². The number of carbonyl (C=O) groups excluding carboxylic acids is 1. The van der Waals surface area contributed by atoms with Gasteiger partial charge in [-0.15, -0.1) is 0 Å². The first-order chi connectivity index (χ1) is 6.11. The molecule has 0 aliphatic carbocycles. The van der Waals surface area contributed by atoms with Crippen molar-refractivity contribution in [1.29, 1.82) is 0 Å². The molecule has 0 N–H and O–H groups in total. The van der Waals surface area contributed by atoms with E-state index in [0.29, 0.717) is 19.7 Å². The van der Waals surface area contributed by atoms with Gasteiger partial charge in [0.25, 0.3) is 5.91 Å². The third kappa shape index (κ3) is 2.45. The van der Waals surface area contributed by atoms with Gasteiger partial charge in [0.2, 0.25) is 0 Å². The summed E-state index contributed by atoms with van der Waals surface area (Å²) in [6, 6.07) is 0. The van der Waals surface area contributed by atoms with E-state index in [1.165, 1.54) is 0 Å². The second-order valence-corrected chi connectivity index (χ2v) is 3.66. The highest BCUT2D eigenvalue weighted by atomic mass is 79.9. The summed E-state index contributed by atoms with van der Waals surface area (Å²) in [7, 11) is 0. The number of rotatable bonds is 2. The molecule has 1 amide bonds. The highest BCUT2D eigenvalue weighted by molar-refractivity contribution is 9.12. The molecule has 72 valence electrons. The molecule has 1 fully saturated rings. The quantitative estimate of drug-likeness (QED) is 0.680. The van der Waals surface area contributed by atoms with E-state index in [1.54, 1.807) is 4.90 Å². The van der Waals surface area contributed by atoms with Crippen molar-refractivity contribution < 1.29 is 9.53 Å². The molecule has 1 aliphatic heterocycles. The summed E-state index contributed by atoms with van der Waals surface area (Å²) in [6.45, 7) is 5.92. The van der Waals surface area contributed by atoms with Crippen LogP contribution in [0.25, 0.3) is 0 Å². The van der Waals surface area contributed by atoms with Crippen molar-refractivity contribution in [3.05, 3.63) is 0 Å². The van der Waals surface area contributed by atoms with Gasteiger partial charge >= 0.3 is 0 Å². The summed E-state index contributed by atoms with van der Waals surface area (Å²) in [5, 5.41) is 0. The number of ether oxygens (including phenoxy) is 1. The third-order valence-corrected chi connectivity index (χ3v) is 2.18. The Balaban J connectivity index is 2.39. The maximum absolute atomic E-state index is 11.2. The summed E-state index contributed by atoms with van der Waals surface area (Å²) in [6.07, 6.45) is 0. The molecule has 0 atom stereocenters. The number of nitrogens with zero attached hydrogens (tertiary/aromatic N) is 1. The molecule has 1 heterocycles. The predicted octanol–water partition coefficient (Wildman–Crippen LogP) is 0.980. The Labute approximate surface area is 86.6 Å². The van der Waals surface area contributed by atoms with Crippen molar-refractivity contribution in [2.45, 2.75) is 19.4 Å². The lowest BCUT2D eigenvalue weighted by molar-refractivity contribution is -0.157. The molecule has 0 spiro atoms. The fraction of sp³-hybridized carbons (Fsp3) is 0.667. The minimum absolute atomic E-state index is 0.144. The molecular formula is C9H12BrNO2. The van der Waals surface area contributed by atoms with Crippen LogP contribution in [0.3, 0.4) is 0 Å². The highest BCUT2D eigenvalue weighted by Crippen LogP contribution is 2.24. The SMILES string of the molecule is CCOC1(C)CN(C(=O)C#CBr)C1. The second kappa shape index (κ2) is 4.12. The molecule has 4 heteroatoms. The average molecular weight is 246 g/mol. The summed E-state index contributed by atoms with van der Waals surface area (Å²) < 4.78 is 5.47. The van der Waals surface area contributed by atoms with Gasteiger partial charge in [0.15, 0.2) is 0 Å². The van der Waals surface area contributed by atoms with Crippen molar-refractivity contribution in [3.63, 3.8) is 0 Å². The van der Waals surface area contributed by atoms with Gasteiger partial charge in [-0.05, 0) is 18.7 Å². The van der Waals surface area contributed by atoms with E-state index >= 15 is 0 Å². The Hall–Kier alpha value is -0.530. The maximum Gasteiger partial charge on any atom is 0.299 e. The Kier molecular flexibility index (Phi) is 3.34. The van der Waals surface area contributed by atoms with Crippen molar-refractivity contribution in [1.82, 2.24) is 4.90 Å². The van der Waals surface area contributed by atoms with Crippen LogP contribution in [0.15, 0.2) is 0 Å². The van der Waals surface area contributed by atoms with Crippen molar-refractivity contribution >= 4 is 21.8 Å². The van der Waals surface area contributed by atoms with E-state index in [2.05, 4.69) is 26.7 Å². The predicted molar refractivity (Wildman–Crippen MR) is 53.3 cm³/mol. The number of likely N-dealkylation sites (tertiary alicyclic amines) is 1. The van der Waals surface area contributed by atoms with E-state index in [9.17, 15) is 4.79 Å². The van der Waals surface area contributed by atoms with Crippen molar-refractivity contribution in [2.24, 2.45) is 0 Å². The second-order valence-electron chi connectivity index (χ2n) is 3.26. The van der Waals surface area contributed by atoms with Crippen LogP contribution in [0.2, 0.25) is 0 Å². The fourth-order valence-electron chi connectivity index (χ4n) is 1.46. The molecule has 1 rings (SSSR count). The van der Waals surface area contributed by atoms with Crippen LogP contribution in [0.4, 0.5) is 0 Å². The molecule has 1 saturated heterocycles. The lowest BCUT2D eigenvalue weighted by Gasteiger charge is -2.46. The number of carbonyl (C=O) groups is 1. The normalized spacial score (nSPS) is 18.5. The largest absolute Gasteiger partial charge is 0.372 e. The molecule has 3 nitrogen and oxygen atoms in total. The van der Waals surface area contributed by atoms with Gasteiger partial charge in [-0.1, -0.05) is 0 Å². The lowest BCUT2D eigenvalue weighted by Crippen LogP contribution is -2.62. The number of amides is 1. The average Bonchev–Trinajstić information content (AvgIpc) is 2.01. The summed E-state index contributed by atoms with van der Waals surface area (Å²) in [5.41, 5.74) is -0.154.